The summed E-state index contributed by atoms with van der Waals surface area (Å²) in [5.41, 5.74) is 6.17. The lowest BCUT2D eigenvalue weighted by atomic mass is 10.1. The van der Waals surface area contributed by atoms with Crippen LogP contribution in [-0.4, -0.2) is 40.0 Å². The number of nitrogens with two attached hydrogens (primary N) is 1. The van der Waals surface area contributed by atoms with Crippen LogP contribution < -0.4 is 11.1 Å². The van der Waals surface area contributed by atoms with E-state index in [-0.39, 0.29) is 23.6 Å². The highest BCUT2D eigenvalue weighted by Crippen LogP contribution is 2.29. The van der Waals surface area contributed by atoms with Crippen LogP contribution in [-0.2, 0) is 22.3 Å². The van der Waals surface area contributed by atoms with E-state index >= 15 is 0 Å². The van der Waals surface area contributed by atoms with Crippen molar-refractivity contribution in [3.63, 3.8) is 0 Å². The van der Waals surface area contributed by atoms with Crippen LogP contribution >= 0.6 is 11.8 Å². The Hall–Kier alpha value is -2.59. The highest BCUT2D eigenvalue weighted by Gasteiger charge is 2.31. The van der Waals surface area contributed by atoms with E-state index in [2.05, 4.69) is 10.3 Å². The van der Waals surface area contributed by atoms with E-state index in [1.807, 2.05) is 23.1 Å². The van der Waals surface area contributed by atoms with Gasteiger partial charge in [0.25, 0.3) is 0 Å². The molecule has 0 spiro atoms. The van der Waals surface area contributed by atoms with E-state index in [4.69, 9.17) is 5.73 Å². The minimum absolute atomic E-state index is 0.0124. The number of carbonyl (C=O) groups excluding carboxylic acids is 2. The second kappa shape index (κ2) is 9.48. The van der Waals surface area contributed by atoms with E-state index in [1.165, 1.54) is 6.07 Å². The molecule has 0 radical (unpaired) electrons. The van der Waals surface area contributed by atoms with E-state index in [0.717, 1.165) is 49.0 Å². The smallest absolute Gasteiger partial charge is 0.368 e. The van der Waals surface area contributed by atoms with E-state index in [1.54, 1.807) is 6.07 Å². The van der Waals surface area contributed by atoms with Gasteiger partial charge in [-0.25, -0.2) is 4.98 Å². The van der Waals surface area contributed by atoms with Gasteiger partial charge in [0, 0.05) is 18.4 Å². The molecule has 1 saturated heterocycles. The SMILES string of the molecule is NC(=O)C1CCCN1Cc1cccc(NC(=O)CSc2ccc(C(F)(F)F)cn2)c1. The van der Waals surface area contributed by atoms with Gasteiger partial charge in [-0.1, -0.05) is 23.9 Å². The molecule has 1 aliphatic rings. The van der Waals surface area contributed by atoms with Crippen molar-refractivity contribution in [2.24, 2.45) is 5.73 Å². The first-order chi connectivity index (χ1) is 14.2. The Balaban J connectivity index is 1.53. The third-order valence-corrected chi connectivity index (χ3v) is 5.65. The summed E-state index contributed by atoms with van der Waals surface area (Å²) in [7, 11) is 0. The normalized spacial score (nSPS) is 17.1. The van der Waals surface area contributed by atoms with Crippen LogP contribution in [0.1, 0.15) is 24.0 Å². The largest absolute Gasteiger partial charge is 0.417 e. The molecule has 1 aromatic heterocycles. The molecular formula is C20H21F3N4O2S. The van der Waals surface area contributed by atoms with Crippen molar-refractivity contribution in [1.29, 1.82) is 0 Å². The van der Waals surface area contributed by atoms with Crippen molar-refractivity contribution in [2.45, 2.75) is 36.6 Å². The molecule has 3 N–H and O–H groups in total. The highest BCUT2D eigenvalue weighted by atomic mass is 32.2. The maximum Gasteiger partial charge on any atom is 0.417 e. The average molecular weight is 438 g/mol. The third kappa shape index (κ3) is 5.96. The highest BCUT2D eigenvalue weighted by molar-refractivity contribution is 7.99. The van der Waals surface area contributed by atoms with Crippen molar-refractivity contribution < 1.29 is 22.8 Å². The van der Waals surface area contributed by atoms with Gasteiger partial charge in [0.15, 0.2) is 0 Å². The molecule has 1 unspecified atom stereocenters. The Labute approximate surface area is 176 Å². The Bertz CT molecular complexity index is 906. The summed E-state index contributed by atoms with van der Waals surface area (Å²) in [6.45, 7) is 1.35. The molecule has 1 aliphatic heterocycles. The van der Waals surface area contributed by atoms with Gasteiger partial charge in [-0.15, -0.1) is 0 Å². The van der Waals surface area contributed by atoms with Crippen molar-refractivity contribution in [1.82, 2.24) is 9.88 Å². The number of primary amides is 1. The molecule has 0 aliphatic carbocycles. The third-order valence-electron chi connectivity index (χ3n) is 4.70. The quantitative estimate of drug-likeness (QED) is 0.648. The summed E-state index contributed by atoms with van der Waals surface area (Å²) in [5, 5.41) is 3.10. The van der Waals surface area contributed by atoms with Gasteiger partial charge in [-0.05, 0) is 49.2 Å². The maximum absolute atomic E-state index is 12.6. The summed E-state index contributed by atoms with van der Waals surface area (Å²) in [6.07, 6.45) is -2.02. The van der Waals surface area contributed by atoms with Crippen LogP contribution in [0.15, 0.2) is 47.6 Å². The first-order valence-corrected chi connectivity index (χ1v) is 10.3. The fraction of sp³-hybridized carbons (Fsp3) is 0.350. The number of benzene rings is 1. The zero-order valence-electron chi connectivity index (χ0n) is 16.0. The number of anilines is 1. The lowest BCUT2D eigenvalue weighted by Crippen LogP contribution is -2.39. The molecule has 0 saturated carbocycles. The second-order valence-electron chi connectivity index (χ2n) is 6.95. The predicted molar refractivity (Wildman–Crippen MR) is 108 cm³/mol. The maximum atomic E-state index is 12.6. The number of hydrogen-bond donors (Lipinski definition) is 2. The van der Waals surface area contributed by atoms with Crippen LogP contribution in [0, 0.1) is 0 Å². The molecule has 2 heterocycles. The summed E-state index contributed by atoms with van der Waals surface area (Å²) in [5.74, 6) is -0.612. The molecule has 6 nitrogen and oxygen atoms in total. The molecule has 1 aromatic carbocycles. The van der Waals surface area contributed by atoms with Crippen LogP contribution in [0.2, 0.25) is 0 Å². The predicted octanol–water partition coefficient (Wildman–Crippen LogP) is 3.28. The molecule has 10 heteroatoms. The molecule has 30 heavy (non-hydrogen) atoms. The number of alkyl halides is 3. The lowest BCUT2D eigenvalue weighted by Gasteiger charge is -2.22. The number of carbonyl (C=O) groups is 2. The number of nitrogens with one attached hydrogen (secondary N) is 1. The molecule has 1 fully saturated rings. The number of rotatable bonds is 7. The topological polar surface area (TPSA) is 88.3 Å². The van der Waals surface area contributed by atoms with Crippen molar-refractivity contribution in [2.75, 3.05) is 17.6 Å². The summed E-state index contributed by atoms with van der Waals surface area (Å²) in [4.78, 5) is 29.5. The van der Waals surface area contributed by atoms with Gasteiger partial charge >= 0.3 is 6.18 Å². The van der Waals surface area contributed by atoms with E-state index in [0.29, 0.717) is 17.3 Å². The molecule has 2 aromatic rings. The molecular weight excluding hydrogens is 417 g/mol. The number of halogens is 3. The molecule has 3 rings (SSSR count). The molecule has 1 atom stereocenters. The Kier molecular flexibility index (Phi) is 6.99. The van der Waals surface area contributed by atoms with Gasteiger partial charge in [0.1, 0.15) is 0 Å². The summed E-state index contributed by atoms with van der Waals surface area (Å²) >= 11 is 1.05. The Morgan fingerprint density at radius 2 is 2.07 bits per heavy atom. The monoisotopic (exact) mass is 438 g/mol. The molecule has 0 bridgehead atoms. The van der Waals surface area contributed by atoms with Crippen molar-refractivity contribution in [3.8, 4) is 0 Å². The average Bonchev–Trinajstić information content (AvgIpc) is 3.15. The number of nitrogens with zero attached hydrogens (tertiary/aromatic N) is 2. The summed E-state index contributed by atoms with van der Waals surface area (Å²) in [6, 6.07) is 9.21. The number of hydrogen-bond acceptors (Lipinski definition) is 5. The second-order valence-corrected chi connectivity index (χ2v) is 7.95. The molecule has 2 amide bonds. The van der Waals surface area contributed by atoms with Crippen molar-refractivity contribution >= 4 is 29.3 Å². The minimum atomic E-state index is -4.44. The van der Waals surface area contributed by atoms with Crippen LogP contribution in [0.3, 0.4) is 0 Å². The zero-order valence-corrected chi connectivity index (χ0v) is 16.8. The van der Waals surface area contributed by atoms with Gasteiger partial charge in [-0.2, -0.15) is 13.2 Å². The summed E-state index contributed by atoms with van der Waals surface area (Å²) < 4.78 is 37.7. The van der Waals surface area contributed by atoms with E-state index in [9.17, 15) is 22.8 Å². The van der Waals surface area contributed by atoms with Gasteiger partial charge in [-0.3, -0.25) is 14.5 Å². The van der Waals surface area contributed by atoms with Crippen LogP contribution in [0.5, 0.6) is 0 Å². The number of aromatic nitrogens is 1. The van der Waals surface area contributed by atoms with E-state index < -0.39 is 11.7 Å². The number of pyridine rings is 1. The van der Waals surface area contributed by atoms with Gasteiger partial charge in [0.2, 0.25) is 11.8 Å². The number of thioether (sulfide) groups is 1. The fourth-order valence-electron chi connectivity index (χ4n) is 3.29. The van der Waals surface area contributed by atoms with Crippen molar-refractivity contribution in [3.05, 3.63) is 53.7 Å². The number of amides is 2. The Morgan fingerprint density at radius 3 is 2.73 bits per heavy atom. The molecule has 160 valence electrons. The van der Waals surface area contributed by atoms with Crippen LogP contribution in [0.25, 0.3) is 0 Å². The zero-order chi connectivity index (χ0) is 21.7. The van der Waals surface area contributed by atoms with Gasteiger partial charge < -0.3 is 11.1 Å². The lowest BCUT2D eigenvalue weighted by molar-refractivity contribution is -0.138. The van der Waals surface area contributed by atoms with Gasteiger partial charge in [0.05, 0.1) is 22.4 Å². The first-order valence-electron chi connectivity index (χ1n) is 9.30. The van der Waals surface area contributed by atoms with Crippen LogP contribution in [0.4, 0.5) is 18.9 Å². The minimum Gasteiger partial charge on any atom is -0.368 e. The first kappa shape index (κ1) is 22.1. The Morgan fingerprint density at radius 1 is 1.27 bits per heavy atom. The standard InChI is InChI=1S/C20H21F3N4O2S/c21-20(22,23)14-6-7-18(25-10-14)30-12-17(28)26-15-4-1-3-13(9-15)11-27-8-2-5-16(27)19(24)29/h1,3-4,6-7,9-10,16H,2,5,8,11-12H2,(H2,24,29)(H,26,28). The number of likely N-dealkylation sites (tertiary alicyclic amines) is 1. The fourth-order valence-corrected chi connectivity index (χ4v) is 3.93.